The highest BCUT2D eigenvalue weighted by molar-refractivity contribution is 9.10. The van der Waals surface area contributed by atoms with E-state index in [1.807, 2.05) is 35.2 Å². The minimum absolute atomic E-state index is 0.194. The Morgan fingerprint density at radius 2 is 1.93 bits per heavy atom. The Morgan fingerprint density at radius 1 is 1.07 bits per heavy atom. The van der Waals surface area contributed by atoms with Gasteiger partial charge in [-0.1, -0.05) is 46.3 Å². The SMILES string of the molecule is O=C(OCc1ccccc1)N1CCCC(Cn2ccc3cc(Br)ccc32)CC1. The smallest absolute Gasteiger partial charge is 0.410 e. The molecule has 0 aliphatic carbocycles. The van der Waals surface area contributed by atoms with Crippen molar-refractivity contribution >= 4 is 32.9 Å². The van der Waals surface area contributed by atoms with Gasteiger partial charge in [-0.05, 0) is 55.0 Å². The number of carbonyl (C=O) groups is 1. The number of benzene rings is 2. The molecule has 28 heavy (non-hydrogen) atoms. The largest absolute Gasteiger partial charge is 0.445 e. The predicted octanol–water partition coefficient (Wildman–Crippen LogP) is 5.84. The van der Waals surface area contributed by atoms with Gasteiger partial charge in [0.25, 0.3) is 0 Å². The molecule has 4 nitrogen and oxygen atoms in total. The van der Waals surface area contributed by atoms with E-state index in [9.17, 15) is 4.79 Å². The summed E-state index contributed by atoms with van der Waals surface area (Å²) >= 11 is 3.54. The van der Waals surface area contributed by atoms with E-state index in [1.165, 1.54) is 10.9 Å². The third kappa shape index (κ3) is 4.58. The van der Waals surface area contributed by atoms with Crippen LogP contribution in [0.5, 0.6) is 0 Å². The molecular weight excluding hydrogens is 416 g/mol. The molecule has 0 saturated carbocycles. The van der Waals surface area contributed by atoms with E-state index in [0.717, 1.165) is 48.9 Å². The summed E-state index contributed by atoms with van der Waals surface area (Å²) in [4.78, 5) is 14.3. The molecule has 1 unspecified atom stereocenters. The minimum Gasteiger partial charge on any atom is -0.445 e. The molecule has 1 fully saturated rings. The van der Waals surface area contributed by atoms with Crippen molar-refractivity contribution in [1.82, 2.24) is 9.47 Å². The molecule has 4 rings (SSSR count). The van der Waals surface area contributed by atoms with Crippen molar-refractivity contribution in [1.29, 1.82) is 0 Å². The van der Waals surface area contributed by atoms with Crippen molar-refractivity contribution in [3.8, 4) is 0 Å². The predicted molar refractivity (Wildman–Crippen MR) is 115 cm³/mol. The second-order valence-corrected chi connectivity index (χ2v) is 8.41. The minimum atomic E-state index is -0.194. The molecule has 1 aliphatic heterocycles. The highest BCUT2D eigenvalue weighted by Crippen LogP contribution is 2.25. The first-order valence-electron chi connectivity index (χ1n) is 9.89. The molecule has 2 aromatic carbocycles. The van der Waals surface area contributed by atoms with Crippen molar-refractivity contribution in [3.05, 3.63) is 70.8 Å². The van der Waals surface area contributed by atoms with Crippen LogP contribution in [-0.2, 0) is 17.9 Å². The number of aromatic nitrogens is 1. The molecule has 0 spiro atoms. The number of ether oxygens (including phenoxy) is 1. The monoisotopic (exact) mass is 440 g/mol. The molecule has 0 N–H and O–H groups in total. The molecule has 1 amide bonds. The van der Waals surface area contributed by atoms with Gasteiger partial charge >= 0.3 is 6.09 Å². The summed E-state index contributed by atoms with van der Waals surface area (Å²) in [6.45, 7) is 2.88. The Morgan fingerprint density at radius 3 is 2.79 bits per heavy atom. The van der Waals surface area contributed by atoms with Crippen molar-refractivity contribution in [2.45, 2.75) is 32.4 Å². The van der Waals surface area contributed by atoms with Gasteiger partial charge < -0.3 is 14.2 Å². The van der Waals surface area contributed by atoms with Crippen LogP contribution in [0, 0.1) is 5.92 Å². The lowest BCUT2D eigenvalue weighted by molar-refractivity contribution is 0.0970. The topological polar surface area (TPSA) is 34.5 Å². The van der Waals surface area contributed by atoms with E-state index in [1.54, 1.807) is 0 Å². The number of carbonyl (C=O) groups excluding carboxylic acids is 1. The first kappa shape index (κ1) is 19.1. The van der Waals surface area contributed by atoms with Gasteiger partial charge in [0.2, 0.25) is 0 Å². The summed E-state index contributed by atoms with van der Waals surface area (Å²) in [6, 6.07) is 18.4. The Labute approximate surface area is 174 Å². The van der Waals surface area contributed by atoms with Gasteiger partial charge in [-0.25, -0.2) is 4.79 Å². The van der Waals surface area contributed by atoms with Crippen LogP contribution in [0.3, 0.4) is 0 Å². The van der Waals surface area contributed by atoms with Crippen molar-refractivity contribution < 1.29 is 9.53 Å². The maximum atomic E-state index is 12.4. The van der Waals surface area contributed by atoms with E-state index in [0.29, 0.717) is 12.5 Å². The fourth-order valence-electron chi connectivity index (χ4n) is 3.95. The number of fused-ring (bicyclic) bond motifs is 1. The van der Waals surface area contributed by atoms with Gasteiger partial charge in [-0.3, -0.25) is 0 Å². The summed E-state index contributed by atoms with van der Waals surface area (Å²) in [5.41, 5.74) is 2.29. The Balaban J connectivity index is 1.32. The Kier molecular flexibility index (Phi) is 6.01. The molecule has 1 aliphatic rings. The number of hydrogen-bond acceptors (Lipinski definition) is 2. The number of halogens is 1. The zero-order valence-corrected chi connectivity index (χ0v) is 17.5. The maximum Gasteiger partial charge on any atom is 0.410 e. The van der Waals surface area contributed by atoms with Crippen LogP contribution >= 0.6 is 15.9 Å². The Bertz CT molecular complexity index is 938. The summed E-state index contributed by atoms with van der Waals surface area (Å²) in [7, 11) is 0. The van der Waals surface area contributed by atoms with Gasteiger partial charge in [-0.2, -0.15) is 0 Å². The average Bonchev–Trinajstić information content (AvgIpc) is 2.94. The van der Waals surface area contributed by atoms with E-state index < -0.39 is 0 Å². The molecule has 0 radical (unpaired) electrons. The molecule has 3 aromatic rings. The molecule has 0 bridgehead atoms. The lowest BCUT2D eigenvalue weighted by Gasteiger charge is -2.20. The number of likely N-dealkylation sites (tertiary alicyclic amines) is 1. The zero-order chi connectivity index (χ0) is 19.3. The van der Waals surface area contributed by atoms with Crippen LogP contribution in [-0.4, -0.2) is 28.6 Å². The second kappa shape index (κ2) is 8.82. The molecule has 2 heterocycles. The second-order valence-electron chi connectivity index (χ2n) is 7.50. The number of nitrogens with zero attached hydrogens (tertiary/aromatic N) is 2. The molecule has 146 valence electrons. The van der Waals surface area contributed by atoms with E-state index in [-0.39, 0.29) is 6.09 Å². The summed E-state index contributed by atoms with van der Waals surface area (Å²) < 4.78 is 8.96. The van der Waals surface area contributed by atoms with Crippen LogP contribution < -0.4 is 0 Å². The van der Waals surface area contributed by atoms with Gasteiger partial charge in [0.1, 0.15) is 6.61 Å². The highest BCUT2D eigenvalue weighted by atomic mass is 79.9. The maximum absolute atomic E-state index is 12.4. The third-order valence-electron chi connectivity index (χ3n) is 5.50. The fourth-order valence-corrected chi connectivity index (χ4v) is 4.33. The van der Waals surface area contributed by atoms with Gasteiger partial charge in [0.05, 0.1) is 0 Å². The van der Waals surface area contributed by atoms with E-state index in [4.69, 9.17) is 4.74 Å². The van der Waals surface area contributed by atoms with Crippen LogP contribution in [0.25, 0.3) is 10.9 Å². The lowest BCUT2D eigenvalue weighted by Crippen LogP contribution is -2.32. The van der Waals surface area contributed by atoms with Crippen molar-refractivity contribution in [3.63, 3.8) is 0 Å². The molecule has 1 aromatic heterocycles. The summed E-state index contributed by atoms with van der Waals surface area (Å²) in [6.07, 6.45) is 5.15. The van der Waals surface area contributed by atoms with Gasteiger partial charge in [-0.15, -0.1) is 0 Å². The number of hydrogen-bond donors (Lipinski definition) is 0. The van der Waals surface area contributed by atoms with Crippen LogP contribution in [0.4, 0.5) is 4.79 Å². The van der Waals surface area contributed by atoms with E-state index >= 15 is 0 Å². The number of amides is 1. The van der Waals surface area contributed by atoms with Crippen LogP contribution in [0.15, 0.2) is 65.3 Å². The first-order chi connectivity index (χ1) is 13.7. The molecule has 1 saturated heterocycles. The quantitative estimate of drug-likeness (QED) is 0.510. The van der Waals surface area contributed by atoms with Gasteiger partial charge in [0, 0.05) is 41.2 Å². The lowest BCUT2D eigenvalue weighted by atomic mass is 10.0. The van der Waals surface area contributed by atoms with Gasteiger partial charge in [0.15, 0.2) is 0 Å². The first-order valence-corrected chi connectivity index (χ1v) is 10.7. The van der Waals surface area contributed by atoms with Crippen LogP contribution in [0.1, 0.15) is 24.8 Å². The Hall–Kier alpha value is -2.27. The highest BCUT2D eigenvalue weighted by Gasteiger charge is 2.22. The average molecular weight is 441 g/mol. The zero-order valence-electron chi connectivity index (χ0n) is 15.9. The standard InChI is InChI=1S/C23H25BrN2O2/c24-21-8-9-22-20(15-21)11-14-26(22)16-18-7-4-12-25(13-10-18)23(27)28-17-19-5-2-1-3-6-19/h1-3,5-6,8-9,11,14-15,18H,4,7,10,12-13,16-17H2. The fraction of sp³-hybridized carbons (Fsp3) is 0.348. The van der Waals surface area contributed by atoms with Crippen LogP contribution in [0.2, 0.25) is 0 Å². The third-order valence-corrected chi connectivity index (χ3v) is 5.99. The molecular formula is C23H25BrN2O2. The van der Waals surface area contributed by atoms with E-state index in [2.05, 4.69) is 51.0 Å². The number of rotatable bonds is 4. The molecule has 1 atom stereocenters. The van der Waals surface area contributed by atoms with Crippen molar-refractivity contribution in [2.75, 3.05) is 13.1 Å². The normalized spacial score (nSPS) is 17.5. The summed E-state index contributed by atoms with van der Waals surface area (Å²) in [5.74, 6) is 0.575. The molecule has 5 heteroatoms. The van der Waals surface area contributed by atoms with Crippen molar-refractivity contribution in [2.24, 2.45) is 5.92 Å². The summed E-state index contributed by atoms with van der Waals surface area (Å²) in [5, 5.41) is 1.26.